The Morgan fingerprint density at radius 1 is 1.31 bits per heavy atom. The highest BCUT2D eigenvalue weighted by molar-refractivity contribution is 6.31. The Labute approximate surface area is 177 Å². The molecule has 2 fully saturated rings. The summed E-state index contributed by atoms with van der Waals surface area (Å²) in [4.78, 5) is 19.5. The van der Waals surface area contributed by atoms with E-state index in [0.29, 0.717) is 35.2 Å². The topological polar surface area (TPSA) is 65.5 Å². The van der Waals surface area contributed by atoms with Crippen molar-refractivity contribution in [3.05, 3.63) is 57.6 Å². The van der Waals surface area contributed by atoms with Gasteiger partial charge < -0.3 is 10.4 Å². The first-order chi connectivity index (χ1) is 14.0. The number of rotatable bonds is 4. The predicted octanol–water partition coefficient (Wildman–Crippen LogP) is 3.94. The van der Waals surface area contributed by atoms with Crippen LogP contribution in [-0.4, -0.2) is 40.1 Å². The minimum Gasteiger partial charge on any atom is -0.395 e. The van der Waals surface area contributed by atoms with Crippen LogP contribution in [0.25, 0.3) is 0 Å². The van der Waals surface area contributed by atoms with E-state index in [1.165, 1.54) is 6.20 Å². The van der Waals surface area contributed by atoms with Crippen molar-refractivity contribution in [1.82, 2.24) is 9.88 Å². The fourth-order valence-corrected chi connectivity index (χ4v) is 5.42. The molecule has 1 saturated carbocycles. The number of anilines is 1. The molecule has 1 aromatic carbocycles. The quantitative estimate of drug-likeness (QED) is 0.713. The summed E-state index contributed by atoms with van der Waals surface area (Å²) in [6.07, 6.45) is 4.09. The molecule has 1 amide bonds. The second kappa shape index (κ2) is 6.91. The summed E-state index contributed by atoms with van der Waals surface area (Å²) in [5.41, 5.74) is 0.620. The monoisotopic (exact) mass is 435 g/mol. The molecule has 3 atom stereocenters. The number of fused-ring (bicyclic) bond motifs is 2. The number of aliphatic hydroxyl groups excluding tert-OH is 1. The van der Waals surface area contributed by atoms with Gasteiger partial charge in [0.05, 0.1) is 6.61 Å². The lowest BCUT2D eigenvalue weighted by Crippen LogP contribution is -2.53. The lowest BCUT2D eigenvalue weighted by atomic mass is 9.75. The van der Waals surface area contributed by atoms with Crippen LogP contribution in [0.3, 0.4) is 0 Å². The van der Waals surface area contributed by atoms with Crippen molar-refractivity contribution in [3.63, 3.8) is 0 Å². The molecule has 29 heavy (non-hydrogen) atoms. The summed E-state index contributed by atoms with van der Waals surface area (Å²) in [5, 5.41) is 13.4. The van der Waals surface area contributed by atoms with Gasteiger partial charge in [-0.3, -0.25) is 9.69 Å². The largest absolute Gasteiger partial charge is 0.395 e. The Morgan fingerprint density at radius 3 is 2.83 bits per heavy atom. The van der Waals surface area contributed by atoms with Crippen LogP contribution in [0.2, 0.25) is 10.2 Å². The Hall–Kier alpha value is -1.73. The van der Waals surface area contributed by atoms with Crippen molar-refractivity contribution in [3.8, 4) is 0 Å². The second-order valence-electron chi connectivity index (χ2n) is 8.14. The lowest BCUT2D eigenvalue weighted by molar-refractivity contribution is -0.128. The maximum atomic E-state index is 15.1. The highest BCUT2D eigenvalue weighted by atomic mass is 35.5. The molecular weight excluding hydrogens is 416 g/mol. The minimum atomic E-state index is -1.12. The fraction of sp³-hybridized carbons (Fsp3) is 0.429. The number of hydrogen-bond donors (Lipinski definition) is 2. The van der Waals surface area contributed by atoms with Gasteiger partial charge >= 0.3 is 0 Å². The summed E-state index contributed by atoms with van der Waals surface area (Å²) < 4.78 is 15.1. The number of hydrogen-bond acceptors (Lipinski definition) is 4. The minimum absolute atomic E-state index is 0.110. The molecule has 2 aliphatic heterocycles. The number of nitrogens with zero attached hydrogens (tertiary/aromatic N) is 2. The number of benzene rings is 1. The van der Waals surface area contributed by atoms with Crippen LogP contribution in [0.4, 0.5) is 10.1 Å². The summed E-state index contributed by atoms with van der Waals surface area (Å²) in [5.74, 6) is -0.863. The van der Waals surface area contributed by atoms with Crippen molar-refractivity contribution in [2.45, 2.75) is 36.8 Å². The van der Waals surface area contributed by atoms with E-state index in [0.717, 1.165) is 18.4 Å². The molecule has 0 radical (unpaired) electrons. The molecule has 2 N–H and O–H groups in total. The number of pyridine rings is 1. The standard InChI is InChI=1S/C21H20Cl2FN3O2/c22-12-3-4-15-17(7-12)26-20(29)21(15)16(14-5-6-25-19(23)18(14)24)8-13(10-28)27(21)9-11-1-2-11/h3-7,11,13,16,28H,1-2,8-10H2,(H,26,29)/t13-,16-,21-/m1/s1. The summed E-state index contributed by atoms with van der Waals surface area (Å²) in [6.45, 7) is 0.569. The van der Waals surface area contributed by atoms with Gasteiger partial charge in [0.15, 0.2) is 11.0 Å². The van der Waals surface area contributed by atoms with Crippen LogP contribution >= 0.6 is 23.2 Å². The van der Waals surface area contributed by atoms with E-state index in [9.17, 15) is 9.90 Å². The third-order valence-corrected chi connectivity index (χ3v) is 7.01. The highest BCUT2D eigenvalue weighted by Gasteiger charge is 2.63. The molecule has 8 heteroatoms. The van der Waals surface area contributed by atoms with Gasteiger partial charge in [-0.25, -0.2) is 9.37 Å². The average molecular weight is 436 g/mol. The maximum absolute atomic E-state index is 15.1. The Morgan fingerprint density at radius 2 is 2.10 bits per heavy atom. The number of aliphatic hydroxyl groups is 1. The van der Waals surface area contributed by atoms with Gasteiger partial charge in [-0.2, -0.15) is 0 Å². The van der Waals surface area contributed by atoms with Crippen LogP contribution in [0, 0.1) is 11.7 Å². The van der Waals surface area contributed by atoms with E-state index in [2.05, 4.69) is 15.2 Å². The van der Waals surface area contributed by atoms with Crippen molar-refractivity contribution in [2.24, 2.45) is 5.92 Å². The van der Waals surface area contributed by atoms with Crippen LogP contribution in [-0.2, 0) is 10.3 Å². The Kier molecular flexibility index (Phi) is 4.59. The van der Waals surface area contributed by atoms with Crippen LogP contribution in [0.1, 0.15) is 36.3 Å². The predicted molar refractivity (Wildman–Crippen MR) is 109 cm³/mol. The van der Waals surface area contributed by atoms with E-state index >= 15 is 4.39 Å². The summed E-state index contributed by atoms with van der Waals surface area (Å²) >= 11 is 12.1. The van der Waals surface area contributed by atoms with Crippen molar-refractivity contribution < 1.29 is 14.3 Å². The molecule has 0 bridgehead atoms. The second-order valence-corrected chi connectivity index (χ2v) is 8.93. The van der Waals surface area contributed by atoms with E-state index in [1.807, 2.05) is 6.07 Å². The van der Waals surface area contributed by atoms with Crippen LogP contribution in [0.5, 0.6) is 0 Å². The molecule has 1 saturated heterocycles. The molecule has 0 unspecified atom stereocenters. The molecule has 2 aromatic rings. The van der Waals surface area contributed by atoms with Crippen molar-refractivity contribution in [1.29, 1.82) is 0 Å². The summed E-state index contributed by atoms with van der Waals surface area (Å²) in [6, 6.07) is 6.63. The van der Waals surface area contributed by atoms with Gasteiger partial charge in [0.25, 0.3) is 0 Å². The van der Waals surface area contributed by atoms with Gasteiger partial charge in [-0.15, -0.1) is 0 Å². The number of likely N-dealkylation sites (tertiary alicyclic amines) is 1. The zero-order valence-electron chi connectivity index (χ0n) is 15.5. The number of carbonyl (C=O) groups is 1. The van der Waals surface area contributed by atoms with Gasteiger partial charge in [-0.05, 0) is 48.9 Å². The zero-order valence-corrected chi connectivity index (χ0v) is 17.0. The Balaban J connectivity index is 1.74. The third-order valence-electron chi connectivity index (χ3n) is 6.51. The average Bonchev–Trinajstić information content (AvgIpc) is 3.39. The Bertz CT molecular complexity index is 1000. The molecular formula is C21H20Cl2FN3O2. The number of carbonyl (C=O) groups excluding carboxylic acids is 1. The van der Waals surface area contributed by atoms with Crippen LogP contribution in [0.15, 0.2) is 30.5 Å². The number of amides is 1. The number of nitrogens with one attached hydrogen (secondary N) is 1. The molecule has 1 spiro atoms. The molecule has 1 aliphatic carbocycles. The highest BCUT2D eigenvalue weighted by Crippen LogP contribution is 2.58. The normalized spacial score (nSPS) is 28.8. The van der Waals surface area contributed by atoms with Gasteiger partial charge in [-0.1, -0.05) is 29.3 Å². The molecule has 3 heterocycles. The SMILES string of the molecule is O=C1Nc2cc(Cl)ccc2[C@@]12[C@@H](c1ccnc(Cl)c1F)C[C@H](CO)N2CC1CC1. The van der Waals surface area contributed by atoms with E-state index in [-0.39, 0.29) is 23.7 Å². The third kappa shape index (κ3) is 2.81. The summed E-state index contributed by atoms with van der Waals surface area (Å²) in [7, 11) is 0. The smallest absolute Gasteiger partial charge is 0.250 e. The van der Waals surface area contributed by atoms with Gasteiger partial charge in [0, 0.05) is 41.0 Å². The van der Waals surface area contributed by atoms with E-state index in [1.54, 1.807) is 18.2 Å². The molecule has 3 aliphatic rings. The first kappa shape index (κ1) is 19.2. The van der Waals surface area contributed by atoms with Gasteiger partial charge in [0.2, 0.25) is 5.91 Å². The maximum Gasteiger partial charge on any atom is 0.250 e. The van der Waals surface area contributed by atoms with Crippen LogP contribution < -0.4 is 5.32 Å². The first-order valence-electron chi connectivity index (χ1n) is 9.75. The van der Waals surface area contributed by atoms with Gasteiger partial charge in [0.1, 0.15) is 5.54 Å². The molecule has 152 valence electrons. The number of aromatic nitrogens is 1. The molecule has 5 nitrogen and oxygen atoms in total. The fourth-order valence-electron chi connectivity index (χ4n) is 5.08. The zero-order chi connectivity index (χ0) is 20.3. The first-order valence-corrected chi connectivity index (χ1v) is 10.5. The van der Waals surface area contributed by atoms with Crippen molar-refractivity contribution >= 4 is 34.8 Å². The molecule has 1 aromatic heterocycles. The molecule has 5 rings (SSSR count). The van der Waals surface area contributed by atoms with E-state index < -0.39 is 17.3 Å². The lowest BCUT2D eigenvalue weighted by Gasteiger charge is -2.39. The van der Waals surface area contributed by atoms with E-state index in [4.69, 9.17) is 23.2 Å². The van der Waals surface area contributed by atoms with Crippen molar-refractivity contribution in [2.75, 3.05) is 18.5 Å². The number of halogens is 3.